The molecule has 0 amide bonds. The molecule has 0 aliphatic carbocycles. The Labute approximate surface area is 110 Å². The zero-order valence-corrected chi connectivity index (χ0v) is 10.9. The number of rotatable bonds is 3. The third-order valence-electron chi connectivity index (χ3n) is 2.18. The van der Waals surface area contributed by atoms with Gasteiger partial charge < -0.3 is 0 Å². The maximum Gasteiger partial charge on any atom is 0.435 e. The molecule has 3 nitrogen and oxygen atoms in total. The van der Waals surface area contributed by atoms with E-state index in [2.05, 4.69) is 10.1 Å². The van der Waals surface area contributed by atoms with E-state index >= 15 is 0 Å². The van der Waals surface area contributed by atoms with E-state index in [0.717, 1.165) is 6.07 Å². The van der Waals surface area contributed by atoms with Gasteiger partial charge >= 0.3 is 6.18 Å². The van der Waals surface area contributed by atoms with Gasteiger partial charge in [-0.05, 0) is 6.07 Å². The van der Waals surface area contributed by atoms with Crippen LogP contribution in [0.4, 0.5) is 13.2 Å². The van der Waals surface area contributed by atoms with E-state index in [1.807, 2.05) is 6.92 Å². The minimum absolute atomic E-state index is 0.0644. The number of aromatic nitrogens is 3. The van der Waals surface area contributed by atoms with Gasteiger partial charge in [-0.3, -0.25) is 0 Å². The van der Waals surface area contributed by atoms with Crippen LogP contribution >= 0.6 is 23.4 Å². The molecule has 18 heavy (non-hydrogen) atoms. The van der Waals surface area contributed by atoms with Crippen LogP contribution in [0.25, 0.3) is 5.52 Å². The lowest BCUT2D eigenvalue weighted by Crippen LogP contribution is -2.05. The van der Waals surface area contributed by atoms with Crippen molar-refractivity contribution in [3.63, 3.8) is 0 Å². The van der Waals surface area contributed by atoms with E-state index in [4.69, 9.17) is 11.6 Å². The number of hydrogen-bond donors (Lipinski definition) is 0. The normalized spacial score (nSPS) is 14.1. The minimum Gasteiger partial charge on any atom is -0.246 e. The van der Waals surface area contributed by atoms with Crippen molar-refractivity contribution in [2.24, 2.45) is 0 Å². The first-order valence-corrected chi connectivity index (χ1v) is 6.47. The maximum absolute atomic E-state index is 12.6. The predicted molar refractivity (Wildman–Crippen MR) is 64.0 cm³/mol. The van der Waals surface area contributed by atoms with Crippen LogP contribution in [0.5, 0.6) is 0 Å². The Morgan fingerprint density at radius 2 is 2.22 bits per heavy atom. The van der Waals surface area contributed by atoms with E-state index in [1.165, 1.54) is 28.7 Å². The molecule has 0 N–H and O–H groups in total. The summed E-state index contributed by atoms with van der Waals surface area (Å²) in [6.07, 6.45) is -1.64. The number of hydrogen-bond acceptors (Lipinski definition) is 3. The van der Waals surface area contributed by atoms with Gasteiger partial charge in [-0.2, -0.15) is 18.3 Å². The van der Waals surface area contributed by atoms with Crippen LogP contribution in [0.1, 0.15) is 12.6 Å². The van der Waals surface area contributed by atoms with Crippen molar-refractivity contribution in [3.05, 3.63) is 24.2 Å². The van der Waals surface area contributed by atoms with Crippen molar-refractivity contribution in [1.29, 1.82) is 0 Å². The van der Waals surface area contributed by atoms with E-state index in [1.54, 1.807) is 0 Å². The molecule has 0 bridgehead atoms. The Hall–Kier alpha value is -0.950. The smallest absolute Gasteiger partial charge is 0.246 e. The van der Waals surface area contributed by atoms with Crippen LogP contribution < -0.4 is 0 Å². The summed E-state index contributed by atoms with van der Waals surface area (Å²) >= 11 is 7.01. The molecule has 1 unspecified atom stereocenters. The van der Waals surface area contributed by atoms with Crippen LogP contribution in [0.15, 0.2) is 23.5 Å². The summed E-state index contributed by atoms with van der Waals surface area (Å²) in [6, 6.07) is 0.996. The van der Waals surface area contributed by atoms with Gasteiger partial charge in [-0.15, -0.1) is 11.6 Å². The topological polar surface area (TPSA) is 30.2 Å². The zero-order chi connectivity index (χ0) is 13.3. The van der Waals surface area contributed by atoms with Crippen molar-refractivity contribution >= 4 is 28.9 Å². The number of nitrogens with zero attached hydrogens (tertiary/aromatic N) is 3. The van der Waals surface area contributed by atoms with Crippen molar-refractivity contribution in [1.82, 2.24) is 14.6 Å². The van der Waals surface area contributed by atoms with Gasteiger partial charge in [0.05, 0.1) is 5.52 Å². The third kappa shape index (κ3) is 2.72. The molecule has 0 fully saturated rings. The number of thioether (sulfide) groups is 1. The Kier molecular flexibility index (Phi) is 3.72. The molecule has 0 radical (unpaired) electrons. The Morgan fingerprint density at radius 1 is 1.50 bits per heavy atom. The van der Waals surface area contributed by atoms with E-state index in [-0.39, 0.29) is 5.25 Å². The molecule has 8 heteroatoms. The third-order valence-corrected chi connectivity index (χ3v) is 3.93. The molecule has 0 saturated carbocycles. The number of alkyl halides is 4. The van der Waals surface area contributed by atoms with Gasteiger partial charge in [-0.1, -0.05) is 18.7 Å². The van der Waals surface area contributed by atoms with Gasteiger partial charge in [0, 0.05) is 23.5 Å². The second-order valence-electron chi connectivity index (χ2n) is 3.67. The van der Waals surface area contributed by atoms with Gasteiger partial charge in [0.1, 0.15) is 5.03 Å². The maximum atomic E-state index is 12.6. The monoisotopic (exact) mass is 295 g/mol. The lowest BCUT2D eigenvalue weighted by atomic mass is 10.4. The van der Waals surface area contributed by atoms with Gasteiger partial charge in [0.25, 0.3) is 0 Å². The molecule has 2 aromatic heterocycles. The summed E-state index contributed by atoms with van der Waals surface area (Å²) in [5.74, 6) is 0.396. The van der Waals surface area contributed by atoms with Crippen molar-refractivity contribution in [3.8, 4) is 0 Å². The van der Waals surface area contributed by atoms with Crippen LogP contribution in [0.3, 0.4) is 0 Å². The summed E-state index contributed by atoms with van der Waals surface area (Å²) in [6.45, 7) is 1.88. The largest absolute Gasteiger partial charge is 0.435 e. The van der Waals surface area contributed by atoms with Gasteiger partial charge in [-0.25, -0.2) is 9.50 Å². The highest BCUT2D eigenvalue weighted by molar-refractivity contribution is 8.00. The van der Waals surface area contributed by atoms with Crippen molar-refractivity contribution in [2.75, 3.05) is 5.88 Å². The fourth-order valence-corrected chi connectivity index (χ4v) is 2.38. The number of fused-ring (bicyclic) bond motifs is 1. The molecule has 0 saturated heterocycles. The van der Waals surface area contributed by atoms with Crippen molar-refractivity contribution in [2.45, 2.75) is 23.4 Å². The first-order valence-electron chi connectivity index (χ1n) is 5.06. The van der Waals surface area contributed by atoms with Crippen LogP contribution in [0.2, 0.25) is 0 Å². The summed E-state index contributed by atoms with van der Waals surface area (Å²) in [4.78, 5) is 4.07. The quantitative estimate of drug-likeness (QED) is 0.641. The minimum atomic E-state index is -4.45. The second-order valence-corrected chi connectivity index (χ2v) is 5.41. The Bertz CT molecular complexity index is 555. The summed E-state index contributed by atoms with van der Waals surface area (Å²) < 4.78 is 38.9. The molecule has 2 aromatic rings. The fourth-order valence-electron chi connectivity index (χ4n) is 1.35. The molecule has 1 atom stereocenters. The highest BCUT2D eigenvalue weighted by atomic mass is 35.5. The van der Waals surface area contributed by atoms with Crippen molar-refractivity contribution < 1.29 is 13.2 Å². The SMILES string of the molecule is CC(CCl)Sc1nccn2nc(C(F)(F)F)cc12. The second kappa shape index (κ2) is 4.97. The lowest BCUT2D eigenvalue weighted by molar-refractivity contribution is -0.141. The molecule has 0 aromatic carbocycles. The number of halogens is 4. The summed E-state index contributed by atoms with van der Waals surface area (Å²) in [7, 11) is 0. The predicted octanol–water partition coefficient (Wildman–Crippen LogP) is 3.47. The Balaban J connectivity index is 2.46. The highest BCUT2D eigenvalue weighted by Crippen LogP contribution is 2.32. The molecule has 0 spiro atoms. The highest BCUT2D eigenvalue weighted by Gasteiger charge is 2.34. The zero-order valence-electron chi connectivity index (χ0n) is 9.28. The molecular formula is C10H9ClF3N3S. The molecular weight excluding hydrogens is 287 g/mol. The average molecular weight is 296 g/mol. The standard InChI is InChI=1S/C10H9ClF3N3S/c1-6(5-11)18-9-7-4-8(10(12,13)14)16-17(7)3-2-15-9/h2-4,6H,5H2,1H3. The van der Waals surface area contributed by atoms with E-state index in [0.29, 0.717) is 16.4 Å². The summed E-state index contributed by atoms with van der Waals surface area (Å²) in [5, 5.41) is 4.04. The fraction of sp³-hybridized carbons (Fsp3) is 0.400. The molecule has 2 heterocycles. The Morgan fingerprint density at radius 3 is 2.83 bits per heavy atom. The van der Waals surface area contributed by atoms with E-state index < -0.39 is 11.9 Å². The first-order chi connectivity index (χ1) is 8.41. The molecule has 0 aliphatic rings. The van der Waals surface area contributed by atoms with Crippen LogP contribution in [0, 0.1) is 0 Å². The van der Waals surface area contributed by atoms with Crippen LogP contribution in [-0.2, 0) is 6.18 Å². The molecule has 98 valence electrons. The summed E-state index contributed by atoms with van der Waals surface area (Å²) in [5.41, 5.74) is -0.581. The average Bonchev–Trinajstić information content (AvgIpc) is 2.73. The van der Waals surface area contributed by atoms with E-state index in [9.17, 15) is 13.2 Å². The van der Waals surface area contributed by atoms with Gasteiger partial charge in [0.2, 0.25) is 0 Å². The molecule has 0 aliphatic heterocycles. The molecule has 2 rings (SSSR count). The first kappa shape index (κ1) is 13.5. The van der Waals surface area contributed by atoms with Crippen LogP contribution in [-0.4, -0.2) is 25.7 Å². The van der Waals surface area contributed by atoms with Gasteiger partial charge in [0.15, 0.2) is 5.69 Å². The lowest BCUT2D eigenvalue weighted by Gasteiger charge is -2.06.